The molecule has 2 fully saturated rings. The largest absolute Gasteiger partial charge is 0.469 e. The molecule has 2 saturated heterocycles. The van der Waals surface area contributed by atoms with E-state index in [0.29, 0.717) is 11.7 Å². The van der Waals surface area contributed by atoms with Crippen LogP contribution in [0.1, 0.15) is 30.7 Å². The Hall–Kier alpha value is -1.31. The Balaban J connectivity index is 1.98. The minimum absolute atomic E-state index is 0.124. The normalized spacial score (nSPS) is 29.9. The smallest absolute Gasteiger partial charge is 0.310 e. The third-order valence-electron chi connectivity index (χ3n) is 5.29. The minimum Gasteiger partial charge on any atom is -0.469 e. The second-order valence-corrected chi connectivity index (χ2v) is 7.42. The molecule has 6 nitrogen and oxygen atoms in total. The number of methoxy groups -OCH3 is 1. The zero-order chi connectivity index (χ0) is 16.6. The second-order valence-electron chi connectivity index (χ2n) is 6.26. The molecule has 1 unspecified atom stereocenters. The molecule has 2 bridgehead atoms. The molecule has 1 aromatic carbocycles. The Morgan fingerprint density at radius 1 is 1.48 bits per heavy atom. The maximum atomic E-state index is 12.4. The van der Waals surface area contributed by atoms with Crippen molar-refractivity contribution in [2.75, 3.05) is 14.2 Å². The molecular formula is C16H19IN4O2. The summed E-state index contributed by atoms with van der Waals surface area (Å²) in [6.07, 6.45) is 3.15. The number of carbonyl (C=O) groups is 1. The number of hydrogen-bond acceptors (Lipinski definition) is 4. The molecule has 0 amide bonds. The maximum absolute atomic E-state index is 12.4. The molecule has 7 heteroatoms. The van der Waals surface area contributed by atoms with Crippen molar-refractivity contribution in [1.29, 1.82) is 0 Å². The van der Waals surface area contributed by atoms with E-state index in [9.17, 15) is 4.79 Å². The van der Waals surface area contributed by atoms with Crippen LogP contribution in [-0.2, 0) is 9.53 Å². The summed E-state index contributed by atoms with van der Waals surface area (Å²) in [4.78, 5) is 17.6. The second kappa shape index (κ2) is 6.67. The molecular weight excluding hydrogens is 407 g/mol. The van der Waals surface area contributed by atoms with Crippen LogP contribution in [0, 0.1) is 9.49 Å². The zero-order valence-corrected chi connectivity index (χ0v) is 15.3. The summed E-state index contributed by atoms with van der Waals surface area (Å²) in [5.74, 6) is -0.101. The van der Waals surface area contributed by atoms with Gasteiger partial charge in [0.1, 0.15) is 0 Å². The number of hydrogen-bond donors (Lipinski definition) is 0. The molecule has 0 aromatic heterocycles. The van der Waals surface area contributed by atoms with Crippen molar-refractivity contribution in [3.8, 4) is 0 Å². The summed E-state index contributed by atoms with van der Waals surface area (Å²) in [6.45, 7) is 0. The number of halogens is 1. The first-order chi connectivity index (χ1) is 11.1. The number of fused-ring (bicyclic) bond motifs is 2. The maximum Gasteiger partial charge on any atom is 0.310 e. The molecule has 23 heavy (non-hydrogen) atoms. The average molecular weight is 426 g/mol. The van der Waals surface area contributed by atoms with E-state index in [1.54, 1.807) is 0 Å². The Kier molecular flexibility index (Phi) is 4.79. The van der Waals surface area contributed by atoms with Gasteiger partial charge in [0.05, 0.1) is 18.7 Å². The zero-order valence-electron chi connectivity index (χ0n) is 13.1. The number of esters is 1. The Morgan fingerprint density at radius 3 is 2.91 bits per heavy atom. The Morgan fingerprint density at radius 2 is 2.26 bits per heavy atom. The van der Waals surface area contributed by atoms with Gasteiger partial charge in [-0.2, -0.15) is 0 Å². The molecule has 2 heterocycles. The molecule has 2 aliphatic heterocycles. The first-order valence-corrected chi connectivity index (χ1v) is 8.79. The van der Waals surface area contributed by atoms with E-state index in [2.05, 4.69) is 44.6 Å². The average Bonchev–Trinajstić information content (AvgIpc) is 2.79. The summed E-state index contributed by atoms with van der Waals surface area (Å²) in [7, 11) is 3.58. The van der Waals surface area contributed by atoms with E-state index in [1.165, 1.54) is 7.11 Å². The van der Waals surface area contributed by atoms with Gasteiger partial charge in [-0.25, -0.2) is 0 Å². The predicted octanol–water partition coefficient (Wildman–Crippen LogP) is 3.97. The van der Waals surface area contributed by atoms with E-state index >= 15 is 0 Å². The number of ether oxygens (including phenoxy) is 1. The highest BCUT2D eigenvalue weighted by Gasteiger charge is 2.49. The van der Waals surface area contributed by atoms with Crippen LogP contribution in [0.15, 0.2) is 23.3 Å². The van der Waals surface area contributed by atoms with Gasteiger partial charge in [-0.05, 0) is 66.1 Å². The molecule has 0 spiro atoms. The van der Waals surface area contributed by atoms with Crippen LogP contribution in [0.4, 0.5) is 5.69 Å². The standard InChI is InChI=1S/C16H19IN4O2/c1-21-10-4-6-14(21)15(16(22)23-2)11(8-10)9-3-5-13(19-20-18)12(17)7-9/h3,5,7,10-11,14-15H,4,6,8H2,1-2H3/t10-,11-,14?,15+/m1/s1. The molecule has 4 atom stereocenters. The number of nitrogens with zero attached hydrogens (tertiary/aromatic N) is 4. The van der Waals surface area contributed by atoms with Crippen molar-refractivity contribution in [2.24, 2.45) is 11.0 Å². The van der Waals surface area contributed by atoms with Gasteiger partial charge in [0.2, 0.25) is 0 Å². The monoisotopic (exact) mass is 426 g/mol. The summed E-state index contributed by atoms with van der Waals surface area (Å²) >= 11 is 2.18. The fourth-order valence-electron chi connectivity index (χ4n) is 4.15. The third-order valence-corrected chi connectivity index (χ3v) is 6.16. The van der Waals surface area contributed by atoms with Gasteiger partial charge in [0, 0.05) is 26.5 Å². The van der Waals surface area contributed by atoms with Gasteiger partial charge in [0.15, 0.2) is 0 Å². The van der Waals surface area contributed by atoms with Crippen LogP contribution in [0.25, 0.3) is 10.4 Å². The number of azide groups is 1. The highest BCUT2D eigenvalue weighted by Crippen LogP contribution is 2.47. The van der Waals surface area contributed by atoms with Crippen molar-refractivity contribution >= 4 is 34.2 Å². The molecule has 0 saturated carbocycles. The highest BCUT2D eigenvalue weighted by atomic mass is 127. The van der Waals surface area contributed by atoms with Crippen LogP contribution in [0.2, 0.25) is 0 Å². The van der Waals surface area contributed by atoms with Gasteiger partial charge in [-0.1, -0.05) is 17.2 Å². The predicted molar refractivity (Wildman–Crippen MR) is 95.4 cm³/mol. The summed E-state index contributed by atoms with van der Waals surface area (Å²) in [5.41, 5.74) is 10.4. The lowest BCUT2D eigenvalue weighted by molar-refractivity contribution is -0.150. The third kappa shape index (κ3) is 2.93. The van der Waals surface area contributed by atoms with Gasteiger partial charge >= 0.3 is 5.97 Å². The van der Waals surface area contributed by atoms with Crippen LogP contribution >= 0.6 is 22.6 Å². The molecule has 0 N–H and O–H groups in total. The first kappa shape index (κ1) is 16.5. The lowest BCUT2D eigenvalue weighted by Crippen LogP contribution is -2.49. The van der Waals surface area contributed by atoms with E-state index in [1.807, 2.05) is 18.2 Å². The quantitative estimate of drug-likeness (QED) is 0.241. The molecule has 2 aliphatic rings. The number of piperidine rings is 1. The van der Waals surface area contributed by atoms with Crippen molar-refractivity contribution in [3.05, 3.63) is 37.8 Å². The lowest BCUT2D eigenvalue weighted by Gasteiger charge is -2.41. The molecule has 1 aromatic rings. The summed E-state index contributed by atoms with van der Waals surface area (Å²) < 4.78 is 6.01. The van der Waals surface area contributed by atoms with Crippen LogP contribution in [0.5, 0.6) is 0 Å². The van der Waals surface area contributed by atoms with Crippen LogP contribution in [0.3, 0.4) is 0 Å². The van der Waals surface area contributed by atoms with E-state index in [-0.39, 0.29) is 23.8 Å². The van der Waals surface area contributed by atoms with Gasteiger partial charge < -0.3 is 4.74 Å². The number of rotatable bonds is 3. The van der Waals surface area contributed by atoms with E-state index in [0.717, 1.165) is 28.4 Å². The number of benzene rings is 1. The van der Waals surface area contributed by atoms with E-state index < -0.39 is 0 Å². The van der Waals surface area contributed by atoms with Crippen molar-refractivity contribution in [2.45, 2.75) is 37.3 Å². The van der Waals surface area contributed by atoms with Crippen molar-refractivity contribution in [3.63, 3.8) is 0 Å². The highest BCUT2D eigenvalue weighted by molar-refractivity contribution is 14.1. The number of carbonyl (C=O) groups excluding carboxylic acids is 1. The summed E-state index contributed by atoms with van der Waals surface area (Å²) in [6, 6.07) is 6.64. The summed E-state index contributed by atoms with van der Waals surface area (Å²) in [5, 5.41) is 3.69. The van der Waals surface area contributed by atoms with Crippen LogP contribution < -0.4 is 0 Å². The topological polar surface area (TPSA) is 78.3 Å². The lowest BCUT2D eigenvalue weighted by atomic mass is 9.76. The molecule has 0 aliphatic carbocycles. The van der Waals surface area contributed by atoms with Crippen LogP contribution in [-0.4, -0.2) is 37.1 Å². The fourth-order valence-corrected chi connectivity index (χ4v) is 4.80. The van der Waals surface area contributed by atoms with Gasteiger partial charge in [-0.3, -0.25) is 9.69 Å². The van der Waals surface area contributed by atoms with Gasteiger partial charge in [0.25, 0.3) is 0 Å². The Labute approximate surface area is 148 Å². The molecule has 122 valence electrons. The molecule has 0 radical (unpaired) electrons. The first-order valence-electron chi connectivity index (χ1n) is 7.71. The Bertz CT molecular complexity index is 674. The SMILES string of the molecule is COC(=O)[C@@H]1C2CC[C@H](C[C@@H]1c1ccc(N=[N+]=[N-])c(I)c1)N2C. The van der Waals surface area contributed by atoms with Crippen molar-refractivity contribution < 1.29 is 9.53 Å². The van der Waals surface area contributed by atoms with Crippen molar-refractivity contribution in [1.82, 2.24) is 4.90 Å². The minimum atomic E-state index is -0.134. The van der Waals surface area contributed by atoms with E-state index in [4.69, 9.17) is 10.3 Å². The fraction of sp³-hybridized carbons (Fsp3) is 0.562. The molecule has 3 rings (SSSR count). The van der Waals surface area contributed by atoms with Gasteiger partial charge in [-0.15, -0.1) is 0 Å².